The van der Waals surface area contributed by atoms with Crippen molar-refractivity contribution >= 4 is 23.2 Å². The number of hydrogen-bond acceptors (Lipinski definition) is 8. The molecule has 0 bridgehead atoms. The molecular formula is C27H39ClN6O2. The summed E-state index contributed by atoms with van der Waals surface area (Å²) in [4.78, 5) is 12.0. The van der Waals surface area contributed by atoms with Crippen molar-refractivity contribution in [1.29, 1.82) is 0 Å². The summed E-state index contributed by atoms with van der Waals surface area (Å²) < 4.78 is 11.1. The van der Waals surface area contributed by atoms with Crippen LogP contribution in [0.1, 0.15) is 44.9 Å². The molecule has 4 heterocycles. The number of halogens is 1. The van der Waals surface area contributed by atoms with Crippen LogP contribution in [0.2, 0.25) is 5.02 Å². The average Bonchev–Trinajstić information content (AvgIpc) is 3.20. The van der Waals surface area contributed by atoms with Gasteiger partial charge in [0, 0.05) is 68.8 Å². The molecule has 36 heavy (non-hydrogen) atoms. The van der Waals surface area contributed by atoms with Crippen molar-refractivity contribution in [2.24, 2.45) is 5.73 Å². The molecule has 3 aliphatic rings. The highest BCUT2D eigenvalue weighted by Crippen LogP contribution is 2.31. The van der Waals surface area contributed by atoms with E-state index in [-0.39, 0.29) is 5.54 Å². The van der Waals surface area contributed by atoms with Gasteiger partial charge in [-0.05, 0) is 63.1 Å². The van der Waals surface area contributed by atoms with E-state index in [1.807, 2.05) is 24.3 Å². The van der Waals surface area contributed by atoms with Gasteiger partial charge in [0.1, 0.15) is 11.6 Å². The number of hydrogen-bond donors (Lipinski definition) is 3. The predicted molar refractivity (Wildman–Crippen MR) is 145 cm³/mol. The zero-order chi connectivity index (χ0) is 24.8. The van der Waals surface area contributed by atoms with Crippen LogP contribution in [0, 0.1) is 0 Å². The van der Waals surface area contributed by atoms with Crippen molar-refractivity contribution < 1.29 is 9.47 Å². The Bertz CT molecular complexity index is 986. The lowest BCUT2D eigenvalue weighted by Gasteiger charge is -2.36. The lowest BCUT2D eigenvalue weighted by molar-refractivity contribution is 0.0574. The van der Waals surface area contributed by atoms with E-state index in [1.54, 1.807) is 6.20 Å². The first-order valence-electron chi connectivity index (χ1n) is 13.4. The van der Waals surface area contributed by atoms with Crippen LogP contribution < -0.4 is 16.4 Å². The highest BCUT2D eigenvalue weighted by Gasteiger charge is 2.28. The van der Waals surface area contributed by atoms with Gasteiger partial charge in [-0.25, -0.2) is 9.97 Å². The van der Waals surface area contributed by atoms with Gasteiger partial charge < -0.3 is 25.8 Å². The van der Waals surface area contributed by atoms with E-state index in [0.29, 0.717) is 36.9 Å². The zero-order valence-electron chi connectivity index (χ0n) is 21.1. The van der Waals surface area contributed by atoms with Gasteiger partial charge in [-0.2, -0.15) is 0 Å². The van der Waals surface area contributed by atoms with Crippen molar-refractivity contribution in [2.75, 3.05) is 56.7 Å². The summed E-state index contributed by atoms with van der Waals surface area (Å²) >= 11 is 6.56. The number of nitrogens with one attached hydrogen (secondary N) is 2. The van der Waals surface area contributed by atoms with Crippen molar-refractivity contribution in [3.8, 4) is 11.3 Å². The molecule has 4 N–H and O–H groups in total. The fourth-order valence-corrected chi connectivity index (χ4v) is 5.74. The minimum Gasteiger partial charge on any atom is -0.381 e. The van der Waals surface area contributed by atoms with Crippen LogP contribution in [0.3, 0.4) is 0 Å². The van der Waals surface area contributed by atoms with Crippen molar-refractivity contribution in [1.82, 2.24) is 14.9 Å². The molecule has 196 valence electrons. The van der Waals surface area contributed by atoms with Crippen molar-refractivity contribution in [2.45, 2.75) is 62.6 Å². The molecule has 2 aromatic heterocycles. The lowest BCUT2D eigenvalue weighted by atomic mass is 9.90. The van der Waals surface area contributed by atoms with E-state index in [1.165, 1.54) is 12.8 Å². The first-order chi connectivity index (χ1) is 17.6. The van der Waals surface area contributed by atoms with Crippen LogP contribution in [-0.4, -0.2) is 78.6 Å². The largest absolute Gasteiger partial charge is 0.381 e. The topological polar surface area (TPSA) is 97.6 Å². The Morgan fingerprint density at radius 1 is 1.03 bits per heavy atom. The SMILES string of the molecule is NC1(CNc2cccc(-c3cc(N[C@H]4CC[C@@H](N5CCCOCC5)CC4)ncc3Cl)n2)CCOCC1. The van der Waals surface area contributed by atoms with Crippen LogP contribution in [0.15, 0.2) is 30.5 Å². The Hall–Kier alpha value is -1.97. The number of nitrogens with two attached hydrogens (primary N) is 1. The highest BCUT2D eigenvalue weighted by atomic mass is 35.5. The first kappa shape index (κ1) is 25.7. The maximum absolute atomic E-state index is 6.56. The molecule has 3 fully saturated rings. The van der Waals surface area contributed by atoms with Crippen LogP contribution >= 0.6 is 11.6 Å². The maximum Gasteiger partial charge on any atom is 0.126 e. The third-order valence-electron chi connectivity index (χ3n) is 7.81. The zero-order valence-corrected chi connectivity index (χ0v) is 21.8. The third kappa shape index (κ3) is 6.66. The second-order valence-electron chi connectivity index (χ2n) is 10.4. The second kappa shape index (κ2) is 12.0. The molecule has 0 atom stereocenters. The molecule has 1 aliphatic carbocycles. The van der Waals surface area contributed by atoms with Gasteiger partial charge in [-0.15, -0.1) is 0 Å². The van der Waals surface area contributed by atoms with Gasteiger partial charge in [-0.3, -0.25) is 4.90 Å². The Morgan fingerprint density at radius 3 is 2.67 bits per heavy atom. The normalized spacial score (nSPS) is 25.2. The monoisotopic (exact) mass is 514 g/mol. The summed E-state index contributed by atoms with van der Waals surface area (Å²) in [6, 6.07) is 9.07. The summed E-state index contributed by atoms with van der Waals surface area (Å²) in [7, 11) is 0. The molecule has 0 unspecified atom stereocenters. The van der Waals surface area contributed by atoms with E-state index in [4.69, 9.17) is 31.8 Å². The molecule has 1 saturated carbocycles. The van der Waals surface area contributed by atoms with Gasteiger partial charge in [0.05, 0.1) is 17.3 Å². The van der Waals surface area contributed by atoms with Gasteiger partial charge in [0.25, 0.3) is 0 Å². The molecule has 2 aliphatic heterocycles. The molecule has 5 rings (SSSR count). The number of rotatable bonds is 7. The quantitative estimate of drug-likeness (QED) is 0.506. The molecule has 0 spiro atoms. The van der Waals surface area contributed by atoms with E-state index < -0.39 is 0 Å². The number of anilines is 2. The molecule has 9 heteroatoms. The Balaban J connectivity index is 1.19. The molecule has 0 amide bonds. The number of pyridine rings is 2. The highest BCUT2D eigenvalue weighted by molar-refractivity contribution is 6.33. The summed E-state index contributed by atoms with van der Waals surface area (Å²) in [5, 5.41) is 7.67. The average molecular weight is 515 g/mol. The summed E-state index contributed by atoms with van der Waals surface area (Å²) in [5.41, 5.74) is 7.97. The minimum atomic E-state index is -0.263. The number of ether oxygens (including phenoxy) is 2. The predicted octanol–water partition coefficient (Wildman–Crippen LogP) is 4.16. The van der Waals surface area contributed by atoms with Crippen molar-refractivity contribution in [3.05, 3.63) is 35.5 Å². The number of aromatic nitrogens is 2. The van der Waals surface area contributed by atoms with Crippen molar-refractivity contribution in [3.63, 3.8) is 0 Å². The summed E-state index contributed by atoms with van der Waals surface area (Å²) in [5.74, 6) is 1.65. The molecule has 0 radical (unpaired) electrons. The fraction of sp³-hybridized carbons (Fsp3) is 0.630. The van der Waals surface area contributed by atoms with E-state index >= 15 is 0 Å². The van der Waals surface area contributed by atoms with Gasteiger partial charge in [0.15, 0.2) is 0 Å². The molecule has 2 aromatic rings. The Labute approximate surface area is 219 Å². The second-order valence-corrected chi connectivity index (χ2v) is 10.8. The lowest BCUT2D eigenvalue weighted by Crippen LogP contribution is -2.50. The van der Waals surface area contributed by atoms with Crippen LogP contribution in [0.5, 0.6) is 0 Å². The molecule has 8 nitrogen and oxygen atoms in total. The van der Waals surface area contributed by atoms with Crippen LogP contribution in [0.25, 0.3) is 11.3 Å². The van der Waals surface area contributed by atoms with E-state index in [0.717, 1.165) is 81.3 Å². The van der Waals surface area contributed by atoms with Gasteiger partial charge >= 0.3 is 0 Å². The van der Waals surface area contributed by atoms with Gasteiger partial charge in [-0.1, -0.05) is 17.7 Å². The molecule has 0 aromatic carbocycles. The summed E-state index contributed by atoms with van der Waals surface area (Å²) in [6.45, 7) is 6.07. The smallest absolute Gasteiger partial charge is 0.126 e. The third-order valence-corrected chi connectivity index (χ3v) is 8.11. The van der Waals surface area contributed by atoms with E-state index in [2.05, 4.69) is 20.5 Å². The minimum absolute atomic E-state index is 0.263. The number of nitrogens with zero attached hydrogens (tertiary/aromatic N) is 3. The molecular weight excluding hydrogens is 476 g/mol. The van der Waals surface area contributed by atoms with Crippen LogP contribution in [0.4, 0.5) is 11.6 Å². The van der Waals surface area contributed by atoms with E-state index in [9.17, 15) is 0 Å². The Morgan fingerprint density at radius 2 is 1.83 bits per heavy atom. The van der Waals surface area contributed by atoms with Gasteiger partial charge in [0.2, 0.25) is 0 Å². The fourth-order valence-electron chi connectivity index (χ4n) is 5.54. The molecule has 2 saturated heterocycles. The Kier molecular flexibility index (Phi) is 8.59. The van der Waals surface area contributed by atoms with Crippen LogP contribution in [-0.2, 0) is 9.47 Å². The standard InChI is InChI=1S/C27H39ClN6O2/c28-23-18-30-26(32-20-5-7-21(8-6-20)34-11-2-13-35-16-12-34)17-22(23)24-3-1-4-25(33-24)31-19-27(29)9-14-36-15-10-27/h1,3-4,17-18,20-21H,2,5-16,19,29H2,(H,30,32)(H,31,33)/t20-,21+. The maximum atomic E-state index is 6.56. The summed E-state index contributed by atoms with van der Waals surface area (Å²) in [6.07, 6.45) is 9.27. The first-order valence-corrected chi connectivity index (χ1v) is 13.8.